The summed E-state index contributed by atoms with van der Waals surface area (Å²) in [4.78, 5) is 3.75. The van der Waals surface area contributed by atoms with E-state index in [0.717, 1.165) is 11.3 Å². The van der Waals surface area contributed by atoms with Crippen molar-refractivity contribution in [2.24, 2.45) is 0 Å². The highest BCUT2D eigenvalue weighted by Crippen LogP contribution is 2.21. The van der Waals surface area contributed by atoms with Crippen LogP contribution in [0.3, 0.4) is 0 Å². The van der Waals surface area contributed by atoms with Gasteiger partial charge in [0.05, 0.1) is 10.2 Å². The Hall–Kier alpha value is -0.790. The maximum atomic E-state index is 13.2. The Bertz CT molecular complexity index is 626. The first-order valence-corrected chi connectivity index (χ1v) is 7.88. The predicted molar refractivity (Wildman–Crippen MR) is 67.1 cm³/mol. The maximum Gasteiger partial charge on any atom is 0.209 e. The van der Waals surface area contributed by atoms with Crippen molar-refractivity contribution in [1.29, 1.82) is 0 Å². The molecular weight excluding hydrogens is 329 g/mol. The number of thiazole rings is 1. The van der Waals surface area contributed by atoms with Crippen LogP contribution in [0, 0.1) is 5.82 Å². The molecule has 0 fully saturated rings. The number of benzene rings is 1. The Morgan fingerprint density at radius 2 is 2.18 bits per heavy atom. The Morgan fingerprint density at radius 1 is 1.41 bits per heavy atom. The van der Waals surface area contributed by atoms with Crippen LogP contribution in [0.4, 0.5) is 4.39 Å². The van der Waals surface area contributed by atoms with Crippen LogP contribution in [0.25, 0.3) is 0 Å². The van der Waals surface area contributed by atoms with Gasteiger partial charge in [-0.3, -0.25) is 0 Å². The lowest BCUT2D eigenvalue weighted by molar-refractivity contribution is 0.593. The maximum absolute atomic E-state index is 13.2. The molecule has 1 aromatic carbocycles. The molecule has 0 saturated heterocycles. The van der Waals surface area contributed by atoms with Crippen LogP contribution in [0.1, 0.15) is 5.56 Å². The third-order valence-electron chi connectivity index (χ3n) is 2.02. The fourth-order valence-corrected chi connectivity index (χ4v) is 3.77. The lowest BCUT2D eigenvalue weighted by Crippen LogP contribution is -2.04. The zero-order valence-electron chi connectivity index (χ0n) is 8.43. The second kappa shape index (κ2) is 4.83. The lowest BCUT2D eigenvalue weighted by Gasteiger charge is -2.02. The Balaban J connectivity index is 2.30. The molecule has 0 spiro atoms. The molecule has 2 aromatic rings. The number of sulfone groups is 1. The van der Waals surface area contributed by atoms with Crippen LogP contribution in [0.5, 0.6) is 0 Å². The molecule has 1 heterocycles. The van der Waals surface area contributed by atoms with E-state index in [1.165, 1.54) is 18.3 Å². The molecule has 0 N–H and O–H groups in total. The SMILES string of the molecule is O=S(=O)(Cc1ccc(Br)c(F)c1)c1nccs1. The van der Waals surface area contributed by atoms with Gasteiger partial charge >= 0.3 is 0 Å². The normalized spacial score (nSPS) is 11.6. The minimum absolute atomic E-state index is 0.0563. The zero-order chi connectivity index (χ0) is 12.5. The number of aromatic nitrogens is 1. The van der Waals surface area contributed by atoms with Gasteiger partial charge in [-0.05, 0) is 33.6 Å². The van der Waals surface area contributed by atoms with E-state index in [-0.39, 0.29) is 10.1 Å². The number of hydrogen-bond acceptors (Lipinski definition) is 4. The van der Waals surface area contributed by atoms with Gasteiger partial charge in [0.1, 0.15) is 5.82 Å². The first-order valence-electron chi connectivity index (χ1n) is 4.55. The molecule has 0 aliphatic heterocycles. The summed E-state index contributed by atoms with van der Waals surface area (Å²) >= 11 is 4.07. The first-order chi connectivity index (χ1) is 7.99. The van der Waals surface area contributed by atoms with Crippen molar-refractivity contribution >= 4 is 37.1 Å². The largest absolute Gasteiger partial charge is 0.234 e. The van der Waals surface area contributed by atoms with Gasteiger partial charge in [-0.2, -0.15) is 0 Å². The van der Waals surface area contributed by atoms with Crippen LogP contribution in [-0.2, 0) is 15.6 Å². The highest BCUT2D eigenvalue weighted by atomic mass is 79.9. The summed E-state index contributed by atoms with van der Waals surface area (Å²) in [5, 5.41) is 1.59. The molecular formula is C10H7BrFNO2S2. The van der Waals surface area contributed by atoms with Crippen molar-refractivity contribution in [3.05, 3.63) is 45.6 Å². The van der Waals surface area contributed by atoms with Gasteiger partial charge in [0.2, 0.25) is 14.2 Å². The molecule has 0 amide bonds. The number of rotatable bonds is 3. The number of nitrogens with zero attached hydrogens (tertiary/aromatic N) is 1. The fraction of sp³-hybridized carbons (Fsp3) is 0.100. The zero-order valence-corrected chi connectivity index (χ0v) is 11.6. The standard InChI is InChI=1S/C10H7BrFNO2S2/c11-8-2-1-7(5-9(8)12)6-17(14,15)10-13-3-4-16-10/h1-5H,6H2. The summed E-state index contributed by atoms with van der Waals surface area (Å²) < 4.78 is 37.4. The molecule has 7 heteroatoms. The molecule has 17 heavy (non-hydrogen) atoms. The minimum Gasteiger partial charge on any atom is -0.234 e. The molecule has 1 aromatic heterocycles. The van der Waals surface area contributed by atoms with Crippen LogP contribution in [0.15, 0.2) is 38.6 Å². The molecule has 90 valence electrons. The Labute approximate surface area is 110 Å². The van der Waals surface area contributed by atoms with E-state index >= 15 is 0 Å². The summed E-state index contributed by atoms with van der Waals surface area (Å²) in [7, 11) is -3.47. The third kappa shape index (κ3) is 2.91. The van der Waals surface area contributed by atoms with Crippen molar-refractivity contribution in [3.8, 4) is 0 Å². The molecule has 0 saturated carbocycles. The van der Waals surface area contributed by atoms with Gasteiger partial charge in [-0.15, -0.1) is 11.3 Å². The van der Waals surface area contributed by atoms with E-state index in [0.29, 0.717) is 10.0 Å². The Morgan fingerprint density at radius 3 is 2.76 bits per heavy atom. The highest BCUT2D eigenvalue weighted by Gasteiger charge is 2.18. The van der Waals surface area contributed by atoms with Gasteiger partial charge in [0.25, 0.3) is 0 Å². The molecule has 2 rings (SSSR count). The summed E-state index contributed by atoms with van der Waals surface area (Å²) in [6.07, 6.45) is 1.43. The minimum atomic E-state index is -3.47. The summed E-state index contributed by atoms with van der Waals surface area (Å²) in [6.45, 7) is 0. The van der Waals surface area contributed by atoms with Crippen molar-refractivity contribution in [1.82, 2.24) is 4.98 Å². The van der Waals surface area contributed by atoms with Gasteiger partial charge in [0, 0.05) is 11.6 Å². The van der Waals surface area contributed by atoms with Gasteiger partial charge < -0.3 is 0 Å². The van der Waals surface area contributed by atoms with Crippen LogP contribution in [0.2, 0.25) is 0 Å². The summed E-state index contributed by atoms with van der Waals surface area (Å²) in [6, 6.07) is 4.26. The number of hydrogen-bond donors (Lipinski definition) is 0. The van der Waals surface area contributed by atoms with E-state index < -0.39 is 15.7 Å². The molecule has 0 aliphatic carbocycles. The second-order valence-electron chi connectivity index (χ2n) is 3.31. The predicted octanol–water partition coefficient (Wildman–Crippen LogP) is 3.02. The van der Waals surface area contributed by atoms with E-state index in [4.69, 9.17) is 0 Å². The first kappa shape index (κ1) is 12.7. The van der Waals surface area contributed by atoms with Crippen LogP contribution >= 0.6 is 27.3 Å². The molecule has 3 nitrogen and oxygen atoms in total. The van der Waals surface area contributed by atoms with Gasteiger partial charge in [-0.25, -0.2) is 17.8 Å². The third-order valence-corrected chi connectivity index (χ3v) is 5.63. The summed E-state index contributed by atoms with van der Waals surface area (Å²) in [5.41, 5.74) is 0.404. The van der Waals surface area contributed by atoms with Crippen LogP contribution < -0.4 is 0 Å². The van der Waals surface area contributed by atoms with E-state index in [1.54, 1.807) is 11.4 Å². The van der Waals surface area contributed by atoms with Gasteiger partial charge in [-0.1, -0.05) is 6.07 Å². The smallest absolute Gasteiger partial charge is 0.209 e. The molecule has 0 aliphatic rings. The van der Waals surface area contributed by atoms with Crippen molar-refractivity contribution in [2.75, 3.05) is 0 Å². The average molecular weight is 336 g/mol. The van der Waals surface area contributed by atoms with Gasteiger partial charge in [0.15, 0.2) is 0 Å². The van der Waals surface area contributed by atoms with Crippen molar-refractivity contribution < 1.29 is 12.8 Å². The Kier molecular flexibility index (Phi) is 3.60. The second-order valence-corrected chi connectivity index (χ2v) is 7.22. The molecule has 0 radical (unpaired) electrons. The quantitative estimate of drug-likeness (QED) is 0.866. The van der Waals surface area contributed by atoms with Crippen molar-refractivity contribution in [2.45, 2.75) is 10.1 Å². The number of halogens is 2. The molecule has 0 unspecified atom stereocenters. The van der Waals surface area contributed by atoms with Crippen LogP contribution in [-0.4, -0.2) is 13.4 Å². The van der Waals surface area contributed by atoms with E-state index in [9.17, 15) is 12.8 Å². The summed E-state index contributed by atoms with van der Waals surface area (Å²) in [5.74, 6) is -0.720. The average Bonchev–Trinajstić information content (AvgIpc) is 2.77. The monoisotopic (exact) mass is 335 g/mol. The highest BCUT2D eigenvalue weighted by molar-refractivity contribution is 9.10. The molecule has 0 atom stereocenters. The van der Waals surface area contributed by atoms with E-state index in [1.807, 2.05) is 0 Å². The topological polar surface area (TPSA) is 47.0 Å². The van der Waals surface area contributed by atoms with E-state index in [2.05, 4.69) is 20.9 Å². The fourth-order valence-electron chi connectivity index (χ4n) is 1.27. The lowest BCUT2D eigenvalue weighted by atomic mass is 10.2. The molecule has 0 bridgehead atoms. The van der Waals surface area contributed by atoms with Crippen molar-refractivity contribution in [3.63, 3.8) is 0 Å².